The van der Waals surface area contributed by atoms with E-state index in [9.17, 15) is 19.2 Å². The molecular weight excluding hydrogens is 929 g/mol. The minimum atomic E-state index is -0.0822. The first-order chi connectivity index (χ1) is 32.6. The maximum atomic E-state index is 12.4. The second-order valence-corrected chi connectivity index (χ2v) is 20.9. The highest BCUT2D eigenvalue weighted by Crippen LogP contribution is 2.44. The van der Waals surface area contributed by atoms with Gasteiger partial charge in [0.05, 0.1) is 22.8 Å². The molecule has 3 aromatic heterocycles. The van der Waals surface area contributed by atoms with E-state index in [-0.39, 0.29) is 20.5 Å². The molecule has 10 N–H and O–H groups in total. The van der Waals surface area contributed by atoms with Crippen LogP contribution in [0.15, 0.2) is 117 Å². The number of thioether (sulfide) groups is 4. The van der Waals surface area contributed by atoms with E-state index in [2.05, 4.69) is 9.97 Å². The average Bonchev–Trinajstić information content (AvgIpc) is 4.12. The Balaban J connectivity index is 1.49. The van der Waals surface area contributed by atoms with Crippen LogP contribution in [0.2, 0.25) is 0 Å². The van der Waals surface area contributed by atoms with Gasteiger partial charge < -0.3 is 32.9 Å². The Labute approximate surface area is 407 Å². The summed E-state index contributed by atoms with van der Waals surface area (Å²) >= 11 is 4.40. The smallest absolute Gasteiger partial charge is 0.190 e. The van der Waals surface area contributed by atoms with Gasteiger partial charge in [-0.3, -0.25) is 19.2 Å². The van der Waals surface area contributed by atoms with Crippen LogP contribution in [0.3, 0.4) is 0 Å². The van der Waals surface area contributed by atoms with Crippen LogP contribution in [0.4, 0.5) is 22.7 Å². The zero-order chi connectivity index (χ0) is 48.0. The standard InChI is InChI=1S/C52H42N8O4S4/c1-25(61)65-29-5-9-37(53)33(21-29)49-41-13-15-43(57-41)50(34-22-30(66-26(2)62)6-10-38(34)54)45-17-19-47(59-45)52(36-24-32(68-28(4)64)8-12-40(36)56)48-20-18-46(60-48)51(44-16-14-42(49)58-44)35-23-31(67-27(3)63)7-11-39(35)55/h5-24,57,60H,53-56H2,1-4H3. The summed E-state index contributed by atoms with van der Waals surface area (Å²) < 4.78 is 0. The van der Waals surface area contributed by atoms with Crippen molar-refractivity contribution < 1.29 is 19.2 Å². The summed E-state index contributed by atoms with van der Waals surface area (Å²) in [5.74, 6) is 0. The molecule has 0 spiro atoms. The molecule has 12 nitrogen and oxygen atoms in total. The van der Waals surface area contributed by atoms with Crippen molar-refractivity contribution in [2.45, 2.75) is 47.3 Å². The molecule has 0 fully saturated rings. The number of fused-ring (bicyclic) bond motifs is 8. The number of H-pyrrole nitrogens is 2. The van der Waals surface area contributed by atoms with Crippen LogP contribution in [0.5, 0.6) is 0 Å². The molecule has 0 unspecified atom stereocenters. The van der Waals surface area contributed by atoms with Crippen LogP contribution < -0.4 is 22.9 Å². The van der Waals surface area contributed by atoms with Crippen molar-refractivity contribution in [2.75, 3.05) is 22.9 Å². The summed E-state index contributed by atoms with van der Waals surface area (Å²) in [6.07, 6.45) is 7.64. The van der Waals surface area contributed by atoms with Gasteiger partial charge in [0.25, 0.3) is 0 Å². The molecular formula is C52H42N8O4S4. The van der Waals surface area contributed by atoms with Gasteiger partial charge in [-0.15, -0.1) is 0 Å². The number of rotatable bonds is 8. The minimum absolute atomic E-state index is 0.0822. The molecule has 4 aromatic carbocycles. The quantitative estimate of drug-likeness (QED) is 0.0615. The fourth-order valence-corrected chi connectivity index (χ4v) is 10.8. The number of nitrogens with one attached hydrogen (secondary N) is 2. The van der Waals surface area contributed by atoms with Crippen molar-refractivity contribution in [1.82, 2.24) is 19.9 Å². The van der Waals surface area contributed by atoms with Gasteiger partial charge in [0.15, 0.2) is 20.5 Å². The molecule has 16 heteroatoms. The number of aromatic nitrogens is 4. The molecule has 0 radical (unpaired) electrons. The first-order valence-corrected chi connectivity index (χ1v) is 24.4. The summed E-state index contributed by atoms with van der Waals surface area (Å²) in [5.41, 5.74) is 39.1. The lowest BCUT2D eigenvalue weighted by Crippen LogP contribution is -1.96. The zero-order valence-electron chi connectivity index (χ0n) is 37.0. The number of nitrogen functional groups attached to an aromatic ring is 4. The van der Waals surface area contributed by atoms with Crippen molar-refractivity contribution in [1.29, 1.82) is 0 Å². The molecule has 0 saturated carbocycles. The number of benzene rings is 4. The van der Waals surface area contributed by atoms with Gasteiger partial charge in [-0.2, -0.15) is 0 Å². The highest BCUT2D eigenvalue weighted by Gasteiger charge is 2.23. The number of nitrogens with zero attached hydrogens (tertiary/aromatic N) is 2. The maximum absolute atomic E-state index is 12.4. The van der Waals surface area contributed by atoms with Crippen molar-refractivity contribution in [3.63, 3.8) is 0 Å². The van der Waals surface area contributed by atoms with Crippen LogP contribution in [0.1, 0.15) is 50.5 Å². The van der Waals surface area contributed by atoms with E-state index in [0.717, 1.165) is 47.0 Å². The third kappa shape index (κ3) is 9.35. The molecule has 7 aromatic rings. The van der Waals surface area contributed by atoms with Gasteiger partial charge in [-0.05, 0) is 121 Å². The normalized spacial score (nSPS) is 11.8. The fraction of sp³-hybridized carbons (Fsp3) is 0.0769. The molecule has 0 aliphatic carbocycles. The highest BCUT2D eigenvalue weighted by atomic mass is 32.2. The molecule has 2 aliphatic rings. The zero-order valence-corrected chi connectivity index (χ0v) is 40.3. The summed E-state index contributed by atoms with van der Waals surface area (Å²) in [7, 11) is 0. The number of hydrogen-bond donors (Lipinski definition) is 6. The van der Waals surface area contributed by atoms with Crippen LogP contribution in [-0.2, 0) is 19.2 Å². The monoisotopic (exact) mass is 970 g/mol. The predicted molar refractivity (Wildman–Crippen MR) is 284 cm³/mol. The largest absolute Gasteiger partial charge is 0.398 e. The van der Waals surface area contributed by atoms with E-state index in [1.54, 1.807) is 24.3 Å². The number of nitrogens with two attached hydrogens (primary N) is 4. The van der Waals surface area contributed by atoms with E-state index in [1.807, 2.05) is 97.1 Å². The van der Waals surface area contributed by atoms with E-state index >= 15 is 0 Å². The van der Waals surface area contributed by atoms with Crippen LogP contribution in [0.25, 0.3) is 90.9 Å². The number of carbonyl (C=O) groups is 4. The van der Waals surface area contributed by atoms with Crippen molar-refractivity contribution in [3.05, 3.63) is 120 Å². The summed E-state index contributed by atoms with van der Waals surface area (Å²) in [5, 5.41) is -0.329. The molecule has 9 rings (SSSR count). The molecule has 0 amide bonds. The first-order valence-electron chi connectivity index (χ1n) is 21.1. The third-order valence-corrected chi connectivity index (χ3v) is 14.1. The molecule has 8 bridgehead atoms. The van der Waals surface area contributed by atoms with Gasteiger partial charge in [-0.1, -0.05) is 47.0 Å². The van der Waals surface area contributed by atoms with E-state index in [4.69, 9.17) is 32.9 Å². The second kappa shape index (κ2) is 18.8. The Kier molecular flexibility index (Phi) is 12.7. The van der Waals surface area contributed by atoms with Gasteiger partial charge >= 0.3 is 0 Å². The Morgan fingerprint density at radius 1 is 0.368 bits per heavy atom. The second-order valence-electron chi connectivity index (χ2n) is 15.9. The lowest BCUT2D eigenvalue weighted by atomic mass is 10.0. The summed E-state index contributed by atoms with van der Waals surface area (Å²) in [6, 6.07) is 29.6. The molecule has 68 heavy (non-hydrogen) atoms. The Morgan fingerprint density at radius 2 is 0.588 bits per heavy atom. The lowest BCUT2D eigenvalue weighted by molar-refractivity contribution is -0.109. The van der Waals surface area contributed by atoms with E-state index in [1.165, 1.54) is 27.7 Å². The van der Waals surface area contributed by atoms with E-state index < -0.39 is 0 Å². The van der Waals surface area contributed by atoms with Crippen LogP contribution in [-0.4, -0.2) is 40.4 Å². The molecule has 5 heterocycles. The van der Waals surface area contributed by atoms with Gasteiger partial charge in [0.2, 0.25) is 0 Å². The summed E-state index contributed by atoms with van der Waals surface area (Å²) in [6.45, 7) is 6.05. The fourth-order valence-electron chi connectivity index (χ4n) is 8.26. The lowest BCUT2D eigenvalue weighted by Gasteiger charge is -2.12. The van der Waals surface area contributed by atoms with E-state index in [0.29, 0.717) is 132 Å². The van der Waals surface area contributed by atoms with Crippen molar-refractivity contribution >= 4 is 137 Å². The topological polar surface area (TPSA) is 230 Å². The Morgan fingerprint density at radius 3 is 0.794 bits per heavy atom. The third-order valence-electron chi connectivity index (χ3n) is 11.0. The predicted octanol–water partition coefficient (Wildman–Crippen LogP) is 12.2. The number of aromatic amines is 2. The number of anilines is 4. The number of carbonyl (C=O) groups excluding carboxylic acids is 4. The minimum Gasteiger partial charge on any atom is -0.398 e. The van der Waals surface area contributed by atoms with Crippen molar-refractivity contribution in [2.24, 2.45) is 0 Å². The first kappa shape index (κ1) is 45.9. The average molecular weight is 971 g/mol. The maximum Gasteiger partial charge on any atom is 0.190 e. The summed E-state index contributed by atoms with van der Waals surface area (Å²) in [4.78, 5) is 70.5. The van der Waals surface area contributed by atoms with Gasteiger partial charge in [0.1, 0.15) is 0 Å². The highest BCUT2D eigenvalue weighted by molar-refractivity contribution is 8.14. The number of hydrogen-bond acceptors (Lipinski definition) is 14. The Bertz CT molecular complexity index is 3100. The molecule has 2 aliphatic heterocycles. The van der Waals surface area contributed by atoms with Crippen LogP contribution in [0, 0.1) is 0 Å². The SMILES string of the molecule is CC(=O)Sc1ccc(N)c(-c2c3nc(c(-c4cc(SC(C)=O)ccc4N)c4ccc([nH]4)c(-c4cc(SC(C)=O)ccc4N)c4nc(c(-c5cc(SC(C)=O)ccc5N)c5ccc2[nH]5)C=C4)C=C3)c1. The molecule has 0 saturated heterocycles. The van der Waals surface area contributed by atoms with Gasteiger partial charge in [-0.25, -0.2) is 9.97 Å². The van der Waals surface area contributed by atoms with Crippen LogP contribution >= 0.6 is 47.0 Å². The Hall–Kier alpha value is -7.24. The van der Waals surface area contributed by atoms with Gasteiger partial charge in [0, 0.05) is 137 Å². The molecule has 338 valence electrons. The van der Waals surface area contributed by atoms with Crippen molar-refractivity contribution in [3.8, 4) is 44.5 Å². The molecule has 0 atom stereocenters.